The molecule has 0 saturated carbocycles. The van der Waals surface area contributed by atoms with Crippen LogP contribution in [0.4, 0.5) is 11.5 Å². The van der Waals surface area contributed by atoms with Crippen LogP contribution in [0.25, 0.3) is 17.2 Å². The van der Waals surface area contributed by atoms with Gasteiger partial charge in [-0.15, -0.1) is 10.2 Å². The molecule has 1 aliphatic rings. The Morgan fingerprint density at radius 2 is 1.51 bits per heavy atom. The summed E-state index contributed by atoms with van der Waals surface area (Å²) in [7, 11) is 0. The maximum absolute atomic E-state index is 13.1. The first-order valence-electron chi connectivity index (χ1n) is 13.0. The summed E-state index contributed by atoms with van der Waals surface area (Å²) in [6.07, 6.45) is 5.38. The summed E-state index contributed by atoms with van der Waals surface area (Å²) >= 11 is 0. The minimum Gasteiger partial charge on any atom is -0.457 e. The first-order chi connectivity index (χ1) is 19.2. The van der Waals surface area contributed by atoms with Gasteiger partial charge in [0.25, 0.3) is 0 Å². The fraction of sp³-hybridized carbons (Fsp3) is 0.161. The van der Waals surface area contributed by atoms with Gasteiger partial charge in [0.1, 0.15) is 17.3 Å². The minimum absolute atomic E-state index is 0.00641. The zero-order valence-electron chi connectivity index (χ0n) is 21.4. The number of hydrogen-bond acceptors (Lipinski definition) is 6. The van der Waals surface area contributed by atoms with Crippen LogP contribution in [0.3, 0.4) is 0 Å². The van der Waals surface area contributed by atoms with Crippen molar-refractivity contribution in [3.63, 3.8) is 0 Å². The maximum Gasteiger partial charge on any atom is 0.229 e. The number of hydrogen-bond donors (Lipinski definition) is 1. The van der Waals surface area contributed by atoms with Gasteiger partial charge >= 0.3 is 0 Å². The van der Waals surface area contributed by atoms with E-state index in [0.717, 1.165) is 53.8 Å². The lowest BCUT2D eigenvalue weighted by Crippen LogP contribution is -2.41. The summed E-state index contributed by atoms with van der Waals surface area (Å²) in [6, 6.07) is 31.0. The maximum atomic E-state index is 13.1. The van der Waals surface area contributed by atoms with Crippen molar-refractivity contribution in [2.24, 2.45) is 5.92 Å². The summed E-state index contributed by atoms with van der Waals surface area (Å²) in [5.74, 6) is 3.63. The first kappa shape index (κ1) is 24.4. The Morgan fingerprint density at radius 3 is 2.26 bits per heavy atom. The lowest BCUT2D eigenvalue weighted by atomic mass is 9.97. The number of para-hydroxylation sites is 1. The first-order valence-corrected chi connectivity index (χ1v) is 13.0. The van der Waals surface area contributed by atoms with E-state index in [-0.39, 0.29) is 11.8 Å². The monoisotopic (exact) mass is 516 g/mol. The van der Waals surface area contributed by atoms with E-state index in [9.17, 15) is 4.79 Å². The molecule has 1 N–H and O–H groups in total. The average molecular weight is 517 g/mol. The third kappa shape index (κ3) is 5.65. The number of anilines is 2. The molecule has 0 spiro atoms. The molecule has 6 rings (SSSR count). The number of amides is 1. The fourth-order valence-electron chi connectivity index (χ4n) is 4.78. The highest BCUT2D eigenvalue weighted by atomic mass is 16.5. The van der Waals surface area contributed by atoms with Gasteiger partial charge in [-0.2, -0.15) is 0 Å². The number of piperidine rings is 1. The second kappa shape index (κ2) is 11.2. The molecular weight excluding hydrogens is 488 g/mol. The highest BCUT2D eigenvalue weighted by molar-refractivity contribution is 5.93. The molecule has 1 atom stereocenters. The van der Waals surface area contributed by atoms with Gasteiger partial charge in [0, 0.05) is 36.7 Å². The number of carbonyl (C=O) groups is 1. The van der Waals surface area contributed by atoms with Crippen LogP contribution in [0.2, 0.25) is 0 Å². The van der Waals surface area contributed by atoms with Gasteiger partial charge in [-0.05, 0) is 61.4 Å². The molecule has 2 aromatic heterocycles. The molecule has 5 aromatic rings. The average Bonchev–Trinajstić information content (AvgIpc) is 3.50. The molecular formula is C31H28N6O2. The molecule has 8 nitrogen and oxygen atoms in total. The number of imidazole rings is 1. The van der Waals surface area contributed by atoms with E-state index < -0.39 is 0 Å². The molecule has 8 heteroatoms. The molecule has 1 amide bonds. The van der Waals surface area contributed by atoms with Gasteiger partial charge in [-0.25, -0.2) is 4.98 Å². The standard InChI is InChI=1S/C31H28N6O2/c38-31(33-25-13-15-27(16-14-25)39-26-11-5-2-6-12-26)24-10-7-20-36(22-24)28-17-18-29(35-34-28)37-21-19-32-30(37)23-8-3-1-4-9-23/h1-6,8-9,11-19,21,24H,7,10,20,22H2,(H,33,38). The number of rotatable bonds is 7. The summed E-state index contributed by atoms with van der Waals surface area (Å²) in [5.41, 5.74) is 1.76. The molecule has 3 aromatic carbocycles. The van der Waals surface area contributed by atoms with E-state index in [0.29, 0.717) is 12.4 Å². The molecule has 39 heavy (non-hydrogen) atoms. The van der Waals surface area contributed by atoms with Gasteiger partial charge in [0.2, 0.25) is 5.91 Å². The molecule has 194 valence electrons. The summed E-state index contributed by atoms with van der Waals surface area (Å²) < 4.78 is 7.77. The number of nitrogens with zero attached hydrogens (tertiary/aromatic N) is 5. The Hall–Kier alpha value is -4.98. The van der Waals surface area contributed by atoms with Crippen LogP contribution in [-0.2, 0) is 4.79 Å². The van der Waals surface area contributed by atoms with E-state index in [1.165, 1.54) is 0 Å². The van der Waals surface area contributed by atoms with Crippen LogP contribution >= 0.6 is 0 Å². The molecule has 3 heterocycles. The highest BCUT2D eigenvalue weighted by Gasteiger charge is 2.27. The van der Waals surface area contributed by atoms with E-state index in [4.69, 9.17) is 4.74 Å². The van der Waals surface area contributed by atoms with Crippen molar-refractivity contribution in [1.82, 2.24) is 19.7 Å². The van der Waals surface area contributed by atoms with Crippen molar-refractivity contribution in [3.8, 4) is 28.7 Å². The smallest absolute Gasteiger partial charge is 0.229 e. The largest absolute Gasteiger partial charge is 0.457 e. The number of carbonyl (C=O) groups excluding carboxylic acids is 1. The van der Waals surface area contributed by atoms with E-state index >= 15 is 0 Å². The molecule has 0 aliphatic carbocycles. The summed E-state index contributed by atoms with van der Waals surface area (Å²) in [4.78, 5) is 19.7. The predicted octanol–water partition coefficient (Wildman–Crippen LogP) is 5.98. The van der Waals surface area contributed by atoms with Crippen molar-refractivity contribution < 1.29 is 9.53 Å². The second-order valence-electron chi connectivity index (χ2n) is 9.45. The molecule has 1 aliphatic heterocycles. The zero-order valence-corrected chi connectivity index (χ0v) is 21.4. The molecule has 1 fully saturated rings. The number of aromatic nitrogens is 4. The van der Waals surface area contributed by atoms with Crippen molar-refractivity contribution in [1.29, 1.82) is 0 Å². The second-order valence-corrected chi connectivity index (χ2v) is 9.45. The van der Waals surface area contributed by atoms with Gasteiger partial charge < -0.3 is 15.0 Å². The quantitative estimate of drug-likeness (QED) is 0.287. The molecule has 1 unspecified atom stereocenters. The molecule has 0 radical (unpaired) electrons. The van der Waals surface area contributed by atoms with Crippen LogP contribution in [0.1, 0.15) is 12.8 Å². The Bertz CT molecular complexity index is 1520. The Labute approximate surface area is 226 Å². The minimum atomic E-state index is -0.140. The Morgan fingerprint density at radius 1 is 0.821 bits per heavy atom. The molecule has 1 saturated heterocycles. The normalized spacial score (nSPS) is 15.1. The third-order valence-electron chi connectivity index (χ3n) is 6.77. The van der Waals surface area contributed by atoms with Gasteiger partial charge in [-0.3, -0.25) is 9.36 Å². The van der Waals surface area contributed by atoms with Crippen molar-refractivity contribution >= 4 is 17.4 Å². The van der Waals surface area contributed by atoms with Gasteiger partial charge in [0.05, 0.1) is 5.92 Å². The summed E-state index contributed by atoms with van der Waals surface area (Å²) in [6.45, 7) is 1.43. The number of benzene rings is 3. The topological polar surface area (TPSA) is 85.2 Å². The highest BCUT2D eigenvalue weighted by Crippen LogP contribution is 2.26. The van der Waals surface area contributed by atoms with Gasteiger partial charge in [-0.1, -0.05) is 48.5 Å². The van der Waals surface area contributed by atoms with Crippen LogP contribution in [-0.4, -0.2) is 38.7 Å². The predicted molar refractivity (Wildman–Crippen MR) is 151 cm³/mol. The Balaban J connectivity index is 1.08. The van der Waals surface area contributed by atoms with E-state index in [1.54, 1.807) is 6.20 Å². The van der Waals surface area contributed by atoms with E-state index in [2.05, 4.69) is 25.4 Å². The lowest BCUT2D eigenvalue weighted by molar-refractivity contribution is -0.120. The van der Waals surface area contributed by atoms with Crippen LogP contribution in [0.15, 0.2) is 109 Å². The third-order valence-corrected chi connectivity index (χ3v) is 6.77. The van der Waals surface area contributed by atoms with Crippen molar-refractivity contribution in [2.45, 2.75) is 12.8 Å². The van der Waals surface area contributed by atoms with Crippen molar-refractivity contribution in [2.75, 3.05) is 23.3 Å². The summed E-state index contributed by atoms with van der Waals surface area (Å²) in [5, 5.41) is 12.0. The SMILES string of the molecule is O=C(Nc1ccc(Oc2ccccc2)cc1)C1CCCN(c2ccc(-n3ccnc3-c3ccccc3)nn2)C1. The Kier molecular flexibility index (Phi) is 6.99. The fourth-order valence-corrected chi connectivity index (χ4v) is 4.78. The van der Waals surface area contributed by atoms with Crippen LogP contribution < -0.4 is 15.0 Å². The van der Waals surface area contributed by atoms with E-state index in [1.807, 2.05) is 108 Å². The molecule has 0 bridgehead atoms. The number of nitrogens with one attached hydrogen (secondary N) is 1. The van der Waals surface area contributed by atoms with Crippen molar-refractivity contribution in [3.05, 3.63) is 109 Å². The number of ether oxygens (including phenoxy) is 1. The van der Waals surface area contributed by atoms with Gasteiger partial charge in [0.15, 0.2) is 11.6 Å². The lowest BCUT2D eigenvalue weighted by Gasteiger charge is -2.32. The van der Waals surface area contributed by atoms with Crippen LogP contribution in [0.5, 0.6) is 11.5 Å². The zero-order chi connectivity index (χ0) is 26.4. The van der Waals surface area contributed by atoms with Crippen LogP contribution in [0, 0.1) is 5.92 Å².